The summed E-state index contributed by atoms with van der Waals surface area (Å²) >= 11 is 0. The number of amides is 1. The van der Waals surface area contributed by atoms with Gasteiger partial charge in [0.2, 0.25) is 0 Å². The highest BCUT2D eigenvalue weighted by atomic mass is 19.1. The summed E-state index contributed by atoms with van der Waals surface area (Å²) in [6, 6.07) is 5.19. The Balaban J connectivity index is 1.39. The van der Waals surface area contributed by atoms with Crippen LogP contribution in [0, 0.1) is 24.0 Å². The molecule has 2 bridgehead atoms. The molecule has 43 heavy (non-hydrogen) atoms. The van der Waals surface area contributed by atoms with Crippen molar-refractivity contribution in [3.05, 3.63) is 47.7 Å². The first-order chi connectivity index (χ1) is 20.8. The molecular formula is C32H31F2N5O4. The van der Waals surface area contributed by atoms with Crippen molar-refractivity contribution in [1.29, 1.82) is 0 Å². The van der Waals surface area contributed by atoms with Gasteiger partial charge in [0.15, 0.2) is 5.82 Å². The molecule has 11 heteroatoms. The maximum absolute atomic E-state index is 16.4. The number of piperazine rings is 1. The second-order valence-corrected chi connectivity index (χ2v) is 10.9. The minimum Gasteiger partial charge on any atom is -0.508 e. The lowest BCUT2D eigenvalue weighted by Gasteiger charge is -2.41. The van der Waals surface area contributed by atoms with Crippen molar-refractivity contribution < 1.29 is 28.2 Å². The summed E-state index contributed by atoms with van der Waals surface area (Å²) in [5.74, 6) is 1.18. The number of rotatable bonds is 7. The number of nitrogens with zero attached hydrogens (tertiary/aromatic N) is 5. The Morgan fingerprint density at radius 1 is 1.16 bits per heavy atom. The monoisotopic (exact) mass is 587 g/mol. The minimum absolute atomic E-state index is 0.0419. The smallest absolute Gasteiger partial charge is 0.410 e. The number of unbranched alkanes of at least 4 members (excludes halogenated alkanes) is 2. The van der Waals surface area contributed by atoms with E-state index >= 15 is 4.39 Å². The summed E-state index contributed by atoms with van der Waals surface area (Å²) in [6.45, 7) is 3.44. The molecule has 9 nitrogen and oxygen atoms in total. The Bertz CT molecular complexity index is 1760. The Kier molecular flexibility index (Phi) is 7.61. The van der Waals surface area contributed by atoms with Crippen LogP contribution in [0.25, 0.3) is 32.9 Å². The average molecular weight is 588 g/mol. The summed E-state index contributed by atoms with van der Waals surface area (Å²) in [6.07, 6.45) is 11.3. The van der Waals surface area contributed by atoms with Crippen LogP contribution in [0.5, 0.6) is 11.8 Å². The normalized spacial score (nSPS) is 17.8. The zero-order valence-electron chi connectivity index (χ0n) is 23.9. The van der Waals surface area contributed by atoms with Crippen molar-refractivity contribution in [3.8, 4) is 35.4 Å². The molecule has 0 aliphatic carbocycles. The highest BCUT2D eigenvalue weighted by molar-refractivity contribution is 6.03. The van der Waals surface area contributed by atoms with Gasteiger partial charge in [0.25, 0.3) is 0 Å². The summed E-state index contributed by atoms with van der Waals surface area (Å²) in [4.78, 5) is 30.0. The number of aromatic nitrogens is 3. The number of hydrogen-bond donors (Lipinski definition) is 1. The van der Waals surface area contributed by atoms with E-state index in [1.165, 1.54) is 37.6 Å². The number of carbonyl (C=O) groups excluding carboxylic acids is 1. The highest BCUT2D eigenvalue weighted by Gasteiger charge is 2.44. The fourth-order valence-corrected chi connectivity index (χ4v) is 6.25. The van der Waals surface area contributed by atoms with E-state index < -0.39 is 11.6 Å². The molecule has 2 unspecified atom stereocenters. The summed E-state index contributed by atoms with van der Waals surface area (Å²) < 4.78 is 42.0. The van der Waals surface area contributed by atoms with Crippen molar-refractivity contribution in [2.75, 3.05) is 31.7 Å². The number of terminal acetylenes is 1. The van der Waals surface area contributed by atoms with Gasteiger partial charge in [-0.15, -0.1) is 6.42 Å². The van der Waals surface area contributed by atoms with E-state index in [2.05, 4.69) is 27.8 Å². The fourth-order valence-electron chi connectivity index (χ4n) is 6.25. The number of ether oxygens (including phenoxy) is 2. The lowest BCUT2D eigenvalue weighted by molar-refractivity contribution is 0.0773. The van der Waals surface area contributed by atoms with Gasteiger partial charge in [-0.3, -0.25) is 9.88 Å². The third kappa shape index (κ3) is 5.01. The molecule has 2 atom stereocenters. The van der Waals surface area contributed by atoms with E-state index in [-0.39, 0.29) is 57.7 Å². The van der Waals surface area contributed by atoms with Crippen LogP contribution >= 0.6 is 0 Å². The first-order valence-electron chi connectivity index (χ1n) is 14.4. The Morgan fingerprint density at radius 3 is 2.63 bits per heavy atom. The topological polar surface area (TPSA) is 101 Å². The molecule has 2 aromatic heterocycles. The van der Waals surface area contributed by atoms with Crippen molar-refractivity contribution in [2.24, 2.45) is 0 Å². The number of fused-ring (bicyclic) bond motifs is 4. The average Bonchev–Trinajstić information content (AvgIpc) is 3.28. The quantitative estimate of drug-likeness (QED) is 0.214. The first kappa shape index (κ1) is 28.4. The van der Waals surface area contributed by atoms with Crippen LogP contribution in [-0.4, -0.2) is 69.9 Å². The van der Waals surface area contributed by atoms with Crippen molar-refractivity contribution >= 4 is 33.6 Å². The SMILES string of the molecule is C#Cc1c(F)ccc2cc(O)cc(-c3ncc4c(N5CC6CCC(C5)N6C(=O)OCCCCC)nc(OC)nc4c3F)c12. The molecule has 4 aromatic rings. The molecule has 2 aliphatic rings. The Hall–Kier alpha value is -4.72. The van der Waals surface area contributed by atoms with Crippen LogP contribution in [0.4, 0.5) is 19.4 Å². The number of halogens is 2. The molecule has 1 N–H and O–H groups in total. The third-order valence-electron chi connectivity index (χ3n) is 8.24. The van der Waals surface area contributed by atoms with Crippen molar-refractivity contribution in [1.82, 2.24) is 19.9 Å². The Labute approximate surface area is 247 Å². The summed E-state index contributed by atoms with van der Waals surface area (Å²) in [5.41, 5.74) is -0.137. The summed E-state index contributed by atoms with van der Waals surface area (Å²) in [5, 5.41) is 11.4. The number of benzene rings is 2. The van der Waals surface area contributed by atoms with Gasteiger partial charge < -0.3 is 19.5 Å². The summed E-state index contributed by atoms with van der Waals surface area (Å²) in [7, 11) is 1.39. The number of methoxy groups -OCH3 is 1. The molecule has 0 saturated carbocycles. The van der Waals surface area contributed by atoms with Gasteiger partial charge in [-0.1, -0.05) is 31.8 Å². The molecule has 0 spiro atoms. The van der Waals surface area contributed by atoms with Gasteiger partial charge in [-0.2, -0.15) is 9.97 Å². The second kappa shape index (κ2) is 11.5. The number of anilines is 1. The second-order valence-electron chi connectivity index (χ2n) is 10.9. The highest BCUT2D eigenvalue weighted by Crippen LogP contribution is 2.40. The van der Waals surface area contributed by atoms with E-state index in [4.69, 9.17) is 15.9 Å². The predicted octanol–water partition coefficient (Wildman–Crippen LogP) is 5.80. The molecule has 2 fully saturated rings. The van der Waals surface area contributed by atoms with Crippen molar-refractivity contribution in [3.63, 3.8) is 0 Å². The minimum atomic E-state index is -0.796. The molecule has 6 rings (SSSR count). The first-order valence-corrected chi connectivity index (χ1v) is 14.4. The Morgan fingerprint density at radius 2 is 1.93 bits per heavy atom. The molecule has 2 aromatic carbocycles. The molecule has 2 saturated heterocycles. The fraction of sp³-hybridized carbons (Fsp3) is 0.375. The van der Waals surface area contributed by atoms with E-state index in [1.54, 1.807) is 0 Å². The molecule has 222 valence electrons. The zero-order valence-corrected chi connectivity index (χ0v) is 23.9. The number of phenolic OH excluding ortho intramolecular Hbond substituents is 1. The van der Waals surface area contributed by atoms with E-state index in [9.17, 15) is 14.3 Å². The molecule has 0 radical (unpaired) electrons. The molecule has 2 aliphatic heterocycles. The number of carbonyl (C=O) groups is 1. The van der Waals surface area contributed by atoms with Gasteiger partial charge in [0.1, 0.15) is 28.6 Å². The number of aromatic hydroxyl groups is 1. The van der Waals surface area contributed by atoms with Crippen LogP contribution in [0.15, 0.2) is 30.5 Å². The zero-order chi connectivity index (χ0) is 30.2. The van der Waals surface area contributed by atoms with E-state index in [1.807, 2.05) is 9.80 Å². The van der Waals surface area contributed by atoms with Gasteiger partial charge in [0, 0.05) is 30.2 Å². The third-order valence-corrected chi connectivity index (χ3v) is 8.24. The van der Waals surface area contributed by atoms with Crippen LogP contribution in [0.1, 0.15) is 44.6 Å². The van der Waals surface area contributed by atoms with Gasteiger partial charge >= 0.3 is 12.1 Å². The van der Waals surface area contributed by atoms with Crippen LogP contribution in [-0.2, 0) is 4.74 Å². The molecule has 1 amide bonds. The van der Waals surface area contributed by atoms with Gasteiger partial charge in [0.05, 0.1) is 36.8 Å². The lowest BCUT2D eigenvalue weighted by atomic mass is 9.96. The van der Waals surface area contributed by atoms with Crippen LogP contribution in [0.3, 0.4) is 0 Å². The molecular weight excluding hydrogens is 556 g/mol. The van der Waals surface area contributed by atoms with Crippen LogP contribution < -0.4 is 9.64 Å². The van der Waals surface area contributed by atoms with Crippen LogP contribution in [0.2, 0.25) is 0 Å². The molecule has 4 heterocycles. The van der Waals surface area contributed by atoms with E-state index in [0.29, 0.717) is 36.3 Å². The van der Waals surface area contributed by atoms with Crippen molar-refractivity contribution in [2.45, 2.75) is 51.1 Å². The van der Waals surface area contributed by atoms with E-state index in [0.717, 1.165) is 32.1 Å². The largest absolute Gasteiger partial charge is 0.508 e. The lowest BCUT2D eigenvalue weighted by Crippen LogP contribution is -2.56. The number of pyridine rings is 1. The maximum atomic E-state index is 16.4. The standard InChI is InChI=1S/C32H31F2N5O4/c1-4-6-7-12-43-32(41)39-19-9-10-20(39)17-38(16-19)30-24-15-35-28(27(34)29(24)36-31(37-30)42-3)23-14-21(40)13-18-8-11-25(33)22(5-2)26(18)23/h2,8,11,13-15,19-20,40H,4,6-7,9-10,12,16-17H2,1,3H3. The van der Waals surface area contributed by atoms with Gasteiger partial charge in [-0.05, 0) is 42.8 Å². The number of phenols is 1. The maximum Gasteiger partial charge on any atom is 0.410 e. The predicted molar refractivity (Wildman–Crippen MR) is 158 cm³/mol. The van der Waals surface area contributed by atoms with Gasteiger partial charge in [-0.25, -0.2) is 13.6 Å². The number of hydrogen-bond acceptors (Lipinski definition) is 8.